The lowest BCUT2D eigenvalue weighted by atomic mass is 9.75. The fraction of sp³-hybridized carbons (Fsp3) is 1.00. The van der Waals surface area contributed by atoms with E-state index >= 15 is 0 Å². The van der Waals surface area contributed by atoms with Crippen molar-refractivity contribution in [2.45, 2.75) is 43.4 Å². The third-order valence-electron chi connectivity index (χ3n) is 2.35. The van der Waals surface area contributed by atoms with Gasteiger partial charge < -0.3 is 0 Å². The van der Waals surface area contributed by atoms with Crippen LogP contribution in [-0.2, 0) is 0 Å². The minimum Gasteiger partial charge on any atom is -0.203 e. The molecule has 0 atom stereocenters. The standard InChI is InChI=1S/C8H12Cl2F2/c1-6(2)3-4-8(11,12)7(9,10)5-6/h3-5H2,1-2H3. The van der Waals surface area contributed by atoms with Gasteiger partial charge in [0.15, 0.2) is 4.33 Å². The minimum absolute atomic E-state index is 0.149. The maximum Gasteiger partial charge on any atom is 0.280 e. The van der Waals surface area contributed by atoms with Crippen LogP contribution in [0.2, 0.25) is 0 Å². The molecule has 0 unspecified atom stereocenters. The normalized spacial score (nSPS) is 31.5. The number of alkyl halides is 4. The molecule has 1 aliphatic rings. The molecule has 1 rings (SSSR count). The van der Waals surface area contributed by atoms with E-state index in [-0.39, 0.29) is 18.3 Å². The maximum atomic E-state index is 13.1. The lowest BCUT2D eigenvalue weighted by Gasteiger charge is -2.42. The zero-order valence-electron chi connectivity index (χ0n) is 7.13. The van der Waals surface area contributed by atoms with E-state index in [4.69, 9.17) is 23.2 Å². The third-order valence-corrected chi connectivity index (χ3v) is 3.17. The lowest BCUT2D eigenvalue weighted by Crippen LogP contribution is -2.46. The highest BCUT2D eigenvalue weighted by Crippen LogP contribution is 2.54. The molecule has 0 bridgehead atoms. The van der Waals surface area contributed by atoms with Gasteiger partial charge in [0.1, 0.15) is 0 Å². The smallest absolute Gasteiger partial charge is 0.203 e. The first-order valence-electron chi connectivity index (χ1n) is 3.92. The molecule has 0 aromatic carbocycles. The number of halogens is 4. The van der Waals surface area contributed by atoms with Crippen LogP contribution >= 0.6 is 23.2 Å². The van der Waals surface area contributed by atoms with Gasteiger partial charge in [0.2, 0.25) is 0 Å². The van der Waals surface area contributed by atoms with Gasteiger partial charge in [-0.05, 0) is 18.3 Å². The van der Waals surface area contributed by atoms with Crippen molar-refractivity contribution in [2.75, 3.05) is 0 Å². The summed E-state index contributed by atoms with van der Waals surface area (Å²) in [5.41, 5.74) is -0.175. The SMILES string of the molecule is CC1(C)CCC(F)(F)C(Cl)(Cl)C1. The molecule has 0 radical (unpaired) electrons. The minimum atomic E-state index is -2.94. The molecular formula is C8H12Cl2F2. The molecule has 72 valence electrons. The summed E-state index contributed by atoms with van der Waals surface area (Å²) in [6.45, 7) is 3.81. The van der Waals surface area contributed by atoms with E-state index in [1.807, 2.05) is 13.8 Å². The molecule has 1 saturated carbocycles. The van der Waals surface area contributed by atoms with Gasteiger partial charge in [0, 0.05) is 6.42 Å². The first-order chi connectivity index (χ1) is 5.16. The molecular weight excluding hydrogens is 205 g/mol. The zero-order valence-corrected chi connectivity index (χ0v) is 8.65. The predicted molar refractivity (Wildman–Crippen MR) is 47.0 cm³/mol. The fourth-order valence-electron chi connectivity index (χ4n) is 1.50. The molecule has 0 aliphatic heterocycles. The molecule has 0 aromatic heterocycles. The number of hydrogen-bond donors (Lipinski definition) is 0. The predicted octanol–water partition coefficient (Wildman–Crippen LogP) is 4.01. The fourth-order valence-corrected chi connectivity index (χ4v) is 2.41. The Morgan fingerprint density at radius 3 is 1.92 bits per heavy atom. The summed E-state index contributed by atoms with van der Waals surface area (Å²) in [4.78, 5) is 0. The summed E-state index contributed by atoms with van der Waals surface area (Å²) in [7, 11) is 0. The van der Waals surface area contributed by atoms with Gasteiger partial charge in [0.05, 0.1) is 0 Å². The van der Waals surface area contributed by atoms with Crippen molar-refractivity contribution in [3.05, 3.63) is 0 Å². The highest BCUT2D eigenvalue weighted by atomic mass is 35.5. The highest BCUT2D eigenvalue weighted by molar-refractivity contribution is 6.49. The molecule has 12 heavy (non-hydrogen) atoms. The zero-order chi connectivity index (χ0) is 9.62. The van der Waals surface area contributed by atoms with Crippen molar-refractivity contribution in [3.63, 3.8) is 0 Å². The largest absolute Gasteiger partial charge is 0.280 e. The first-order valence-corrected chi connectivity index (χ1v) is 4.68. The van der Waals surface area contributed by atoms with Crippen LogP contribution in [0, 0.1) is 5.41 Å². The van der Waals surface area contributed by atoms with Crippen LogP contribution in [0.3, 0.4) is 0 Å². The van der Waals surface area contributed by atoms with Crippen LogP contribution in [0.4, 0.5) is 8.78 Å². The molecule has 4 heteroatoms. The summed E-state index contributed by atoms with van der Waals surface area (Å²) >= 11 is 11.1. The first kappa shape index (κ1) is 10.5. The average molecular weight is 217 g/mol. The topological polar surface area (TPSA) is 0 Å². The molecule has 1 fully saturated rings. The molecule has 1 aliphatic carbocycles. The van der Waals surface area contributed by atoms with Gasteiger partial charge in [-0.25, -0.2) is 8.78 Å². The number of rotatable bonds is 0. The van der Waals surface area contributed by atoms with E-state index in [1.165, 1.54) is 0 Å². The summed E-state index contributed by atoms with van der Waals surface area (Å²) in [6.07, 6.45) is 0.407. The lowest BCUT2D eigenvalue weighted by molar-refractivity contribution is -0.0692. The highest BCUT2D eigenvalue weighted by Gasteiger charge is 2.57. The van der Waals surface area contributed by atoms with E-state index in [2.05, 4.69) is 0 Å². The Bertz CT molecular complexity index is 187. The molecule has 0 aromatic rings. The second-order valence-corrected chi connectivity index (χ2v) is 5.73. The second-order valence-electron chi connectivity index (χ2n) is 4.25. The van der Waals surface area contributed by atoms with Gasteiger partial charge in [-0.3, -0.25) is 0 Å². The monoisotopic (exact) mass is 216 g/mol. The molecule has 0 N–H and O–H groups in total. The van der Waals surface area contributed by atoms with Crippen LogP contribution in [0.15, 0.2) is 0 Å². The van der Waals surface area contributed by atoms with Gasteiger partial charge in [-0.2, -0.15) is 0 Å². The molecule has 0 saturated heterocycles. The van der Waals surface area contributed by atoms with E-state index in [1.54, 1.807) is 0 Å². The van der Waals surface area contributed by atoms with Gasteiger partial charge in [-0.1, -0.05) is 37.0 Å². The van der Waals surface area contributed by atoms with Crippen molar-refractivity contribution in [1.29, 1.82) is 0 Å². The number of hydrogen-bond acceptors (Lipinski definition) is 0. The summed E-state index contributed by atoms with van der Waals surface area (Å²) in [5.74, 6) is -2.94. The van der Waals surface area contributed by atoms with Crippen LogP contribution in [0.25, 0.3) is 0 Å². The maximum absolute atomic E-state index is 13.1. The summed E-state index contributed by atoms with van der Waals surface area (Å²) in [5, 5.41) is 0. The summed E-state index contributed by atoms with van der Waals surface area (Å²) < 4.78 is 24.2. The van der Waals surface area contributed by atoms with E-state index in [9.17, 15) is 8.78 Å². The molecule has 0 nitrogen and oxygen atoms in total. The van der Waals surface area contributed by atoms with Crippen LogP contribution < -0.4 is 0 Å². The van der Waals surface area contributed by atoms with Crippen molar-refractivity contribution in [3.8, 4) is 0 Å². The van der Waals surface area contributed by atoms with Crippen LogP contribution in [-0.4, -0.2) is 10.3 Å². The second kappa shape index (κ2) is 2.71. The van der Waals surface area contributed by atoms with Crippen molar-refractivity contribution >= 4 is 23.2 Å². The van der Waals surface area contributed by atoms with Crippen molar-refractivity contribution < 1.29 is 8.78 Å². The third kappa shape index (κ3) is 1.85. The molecule has 0 amide bonds. The van der Waals surface area contributed by atoms with Crippen molar-refractivity contribution in [1.82, 2.24) is 0 Å². The van der Waals surface area contributed by atoms with Crippen LogP contribution in [0.1, 0.15) is 33.1 Å². The Labute approximate surface area is 81.2 Å². The van der Waals surface area contributed by atoms with E-state index in [0.29, 0.717) is 6.42 Å². The Kier molecular flexibility index (Phi) is 2.38. The Hall–Kier alpha value is 0.440. The van der Waals surface area contributed by atoms with Gasteiger partial charge in [0.25, 0.3) is 5.92 Å². The van der Waals surface area contributed by atoms with Crippen LogP contribution in [0.5, 0.6) is 0 Å². The average Bonchev–Trinajstić information content (AvgIpc) is 1.79. The van der Waals surface area contributed by atoms with Gasteiger partial charge >= 0.3 is 0 Å². The Balaban J connectivity index is 2.82. The molecule has 0 heterocycles. The molecule has 0 spiro atoms. The van der Waals surface area contributed by atoms with Crippen molar-refractivity contribution in [2.24, 2.45) is 5.41 Å². The van der Waals surface area contributed by atoms with Gasteiger partial charge in [-0.15, -0.1) is 0 Å². The van der Waals surface area contributed by atoms with E-state index in [0.717, 1.165) is 0 Å². The quantitative estimate of drug-likeness (QED) is 0.538. The Morgan fingerprint density at radius 2 is 1.58 bits per heavy atom. The van der Waals surface area contributed by atoms with E-state index < -0.39 is 10.3 Å². The Morgan fingerprint density at radius 1 is 1.08 bits per heavy atom. The summed E-state index contributed by atoms with van der Waals surface area (Å²) in [6, 6.07) is 0.